The van der Waals surface area contributed by atoms with Crippen molar-refractivity contribution in [2.75, 3.05) is 30.8 Å². The monoisotopic (exact) mass is 523 g/mol. The van der Waals surface area contributed by atoms with Crippen LogP contribution >= 0.6 is 0 Å². The minimum absolute atomic E-state index is 0.0224. The molecule has 2 aromatic carbocycles. The van der Waals surface area contributed by atoms with Gasteiger partial charge >= 0.3 is 0 Å². The SMILES string of the molecule is CN1CCCCC1COc1cc2ncnc(Nc3cnn(CC(=O)Nc4cccc(F)c4F)c3)c2cc1O. The van der Waals surface area contributed by atoms with Crippen LogP contribution < -0.4 is 15.4 Å². The van der Waals surface area contributed by atoms with Crippen molar-refractivity contribution in [1.82, 2.24) is 24.6 Å². The summed E-state index contributed by atoms with van der Waals surface area (Å²) in [5.41, 5.74) is 0.855. The van der Waals surface area contributed by atoms with Crippen molar-refractivity contribution in [3.8, 4) is 11.5 Å². The number of likely N-dealkylation sites (N-methyl/N-ethyl adjacent to an activating group) is 1. The van der Waals surface area contributed by atoms with E-state index in [9.17, 15) is 18.7 Å². The summed E-state index contributed by atoms with van der Waals surface area (Å²) in [5.74, 6) is -1.99. The number of nitrogens with zero attached hydrogens (tertiary/aromatic N) is 5. The molecule has 4 aromatic rings. The van der Waals surface area contributed by atoms with Crippen molar-refractivity contribution >= 4 is 34.0 Å². The molecule has 1 aliphatic heterocycles. The van der Waals surface area contributed by atoms with Crippen molar-refractivity contribution in [2.45, 2.75) is 31.8 Å². The van der Waals surface area contributed by atoms with Crippen LogP contribution in [0, 0.1) is 11.6 Å². The normalized spacial score (nSPS) is 15.9. The van der Waals surface area contributed by atoms with E-state index >= 15 is 0 Å². The van der Waals surface area contributed by atoms with Crippen LogP contribution in [0.4, 0.5) is 26.0 Å². The molecule has 0 bridgehead atoms. The molecule has 0 radical (unpaired) electrons. The van der Waals surface area contributed by atoms with Gasteiger partial charge < -0.3 is 25.4 Å². The van der Waals surface area contributed by atoms with Crippen molar-refractivity contribution in [3.63, 3.8) is 0 Å². The average molecular weight is 524 g/mol. The molecule has 2 aromatic heterocycles. The van der Waals surface area contributed by atoms with Crippen LogP contribution in [0.1, 0.15) is 19.3 Å². The Morgan fingerprint density at radius 2 is 2.11 bits per heavy atom. The molecule has 12 heteroatoms. The van der Waals surface area contributed by atoms with Crippen LogP contribution in [0.2, 0.25) is 0 Å². The second kappa shape index (κ2) is 11.0. The fourth-order valence-electron chi connectivity index (χ4n) is 4.42. The van der Waals surface area contributed by atoms with E-state index in [1.807, 2.05) is 0 Å². The predicted molar refractivity (Wildman–Crippen MR) is 137 cm³/mol. The maximum Gasteiger partial charge on any atom is 0.246 e. The molecule has 5 rings (SSSR count). The third-order valence-electron chi connectivity index (χ3n) is 6.50. The number of rotatable bonds is 8. The van der Waals surface area contributed by atoms with Gasteiger partial charge in [0, 0.05) is 23.7 Å². The first kappa shape index (κ1) is 25.3. The molecule has 1 fully saturated rings. The van der Waals surface area contributed by atoms with Crippen molar-refractivity contribution in [2.24, 2.45) is 0 Å². The number of nitrogens with one attached hydrogen (secondary N) is 2. The van der Waals surface area contributed by atoms with Gasteiger partial charge in [0.1, 0.15) is 25.3 Å². The van der Waals surface area contributed by atoms with Gasteiger partial charge in [-0.3, -0.25) is 9.48 Å². The molecule has 3 N–H and O–H groups in total. The number of likely N-dealkylation sites (tertiary alicyclic amines) is 1. The van der Waals surface area contributed by atoms with Gasteiger partial charge in [0.15, 0.2) is 23.1 Å². The largest absolute Gasteiger partial charge is 0.504 e. The van der Waals surface area contributed by atoms with E-state index in [4.69, 9.17) is 4.74 Å². The maximum absolute atomic E-state index is 13.8. The Bertz CT molecular complexity index is 1460. The summed E-state index contributed by atoms with van der Waals surface area (Å²) < 4.78 is 34.5. The number of phenolic OH excluding ortho intramolecular Hbond substituents is 1. The lowest BCUT2D eigenvalue weighted by atomic mass is 10.0. The third kappa shape index (κ3) is 5.65. The van der Waals surface area contributed by atoms with Gasteiger partial charge in [0.2, 0.25) is 5.91 Å². The van der Waals surface area contributed by atoms with Gasteiger partial charge in [0.05, 0.1) is 23.1 Å². The Morgan fingerprint density at radius 3 is 2.95 bits per heavy atom. The number of benzene rings is 2. The minimum Gasteiger partial charge on any atom is -0.504 e. The molecule has 1 atom stereocenters. The second-order valence-corrected chi connectivity index (χ2v) is 9.20. The standard InChI is InChI=1S/C26H27F2N7O3/c1-34-8-3-2-5-17(34)14-38-23-10-21-18(9-22(23)36)26(30-15-29-21)32-16-11-31-35(12-16)13-24(37)33-20-7-4-6-19(27)25(20)28/h4,6-7,9-12,15,17,36H,2-3,5,8,13-14H2,1H3,(H,33,37)(H,29,30,32). The number of fused-ring (bicyclic) bond motifs is 1. The zero-order chi connectivity index (χ0) is 26.6. The number of amides is 1. The zero-order valence-electron chi connectivity index (χ0n) is 20.7. The second-order valence-electron chi connectivity index (χ2n) is 9.20. The Balaban J connectivity index is 1.25. The van der Waals surface area contributed by atoms with Crippen LogP contribution in [0.3, 0.4) is 0 Å². The lowest BCUT2D eigenvalue weighted by Crippen LogP contribution is -2.40. The van der Waals surface area contributed by atoms with Crippen molar-refractivity contribution < 1.29 is 23.4 Å². The van der Waals surface area contributed by atoms with Crippen molar-refractivity contribution in [1.29, 1.82) is 0 Å². The predicted octanol–water partition coefficient (Wildman–Crippen LogP) is 4.06. The number of hydrogen-bond donors (Lipinski definition) is 3. The van der Waals surface area contributed by atoms with E-state index in [1.165, 1.54) is 35.8 Å². The highest BCUT2D eigenvalue weighted by Crippen LogP contribution is 2.34. The maximum atomic E-state index is 13.8. The number of halogens is 2. The third-order valence-corrected chi connectivity index (χ3v) is 6.50. The Labute approximate surface area is 217 Å². The topological polar surface area (TPSA) is 117 Å². The highest BCUT2D eigenvalue weighted by Gasteiger charge is 2.20. The molecule has 38 heavy (non-hydrogen) atoms. The highest BCUT2D eigenvalue weighted by molar-refractivity contribution is 5.93. The number of ether oxygens (including phenoxy) is 1. The smallest absolute Gasteiger partial charge is 0.246 e. The average Bonchev–Trinajstić information content (AvgIpc) is 3.33. The summed E-state index contributed by atoms with van der Waals surface area (Å²) in [4.78, 5) is 23.1. The van der Waals surface area contributed by atoms with Gasteiger partial charge in [-0.2, -0.15) is 5.10 Å². The minimum atomic E-state index is -1.13. The number of phenols is 1. The molecule has 1 unspecified atom stereocenters. The van der Waals surface area contributed by atoms with Gasteiger partial charge in [-0.1, -0.05) is 12.5 Å². The fourth-order valence-corrected chi connectivity index (χ4v) is 4.42. The number of piperidine rings is 1. The van der Waals surface area contributed by atoms with E-state index in [0.29, 0.717) is 40.8 Å². The summed E-state index contributed by atoms with van der Waals surface area (Å²) in [6.45, 7) is 1.29. The van der Waals surface area contributed by atoms with Crippen LogP contribution in [0.5, 0.6) is 11.5 Å². The molecular weight excluding hydrogens is 496 g/mol. The molecule has 1 amide bonds. The van der Waals surface area contributed by atoms with E-state index in [2.05, 4.69) is 37.6 Å². The van der Waals surface area contributed by atoms with Crippen LogP contribution in [-0.2, 0) is 11.3 Å². The zero-order valence-corrected chi connectivity index (χ0v) is 20.7. The molecule has 1 aliphatic rings. The Kier molecular flexibility index (Phi) is 7.31. The molecular formula is C26H27F2N7O3. The first-order chi connectivity index (χ1) is 18.4. The number of aromatic hydroxyl groups is 1. The van der Waals surface area contributed by atoms with Gasteiger partial charge in [0.25, 0.3) is 0 Å². The highest BCUT2D eigenvalue weighted by atomic mass is 19.2. The summed E-state index contributed by atoms with van der Waals surface area (Å²) in [7, 11) is 2.08. The van der Waals surface area contributed by atoms with E-state index in [0.717, 1.165) is 25.5 Å². The van der Waals surface area contributed by atoms with Crippen LogP contribution in [0.15, 0.2) is 49.1 Å². The first-order valence-electron chi connectivity index (χ1n) is 12.2. The molecule has 198 valence electrons. The summed E-state index contributed by atoms with van der Waals surface area (Å²) in [6.07, 6.45) is 7.85. The number of aromatic nitrogens is 4. The Morgan fingerprint density at radius 1 is 1.24 bits per heavy atom. The van der Waals surface area contributed by atoms with Crippen LogP contribution in [-0.4, -0.2) is 61.9 Å². The molecule has 3 heterocycles. The number of anilines is 3. The number of hydrogen-bond acceptors (Lipinski definition) is 8. The van der Waals surface area contributed by atoms with E-state index in [-0.39, 0.29) is 18.0 Å². The van der Waals surface area contributed by atoms with Crippen LogP contribution in [0.25, 0.3) is 10.9 Å². The molecule has 0 saturated carbocycles. The molecule has 0 aliphatic carbocycles. The Hall–Kier alpha value is -4.32. The summed E-state index contributed by atoms with van der Waals surface area (Å²) in [5, 5.41) is 20.8. The number of carbonyl (C=O) groups excluding carboxylic acids is 1. The molecule has 0 spiro atoms. The van der Waals surface area contributed by atoms with E-state index in [1.54, 1.807) is 18.3 Å². The lowest BCUT2D eigenvalue weighted by Gasteiger charge is -2.32. The fraction of sp³-hybridized carbons (Fsp3) is 0.308. The molecule has 10 nitrogen and oxygen atoms in total. The lowest BCUT2D eigenvalue weighted by molar-refractivity contribution is -0.116. The quantitative estimate of drug-likeness (QED) is 0.317. The van der Waals surface area contributed by atoms with Gasteiger partial charge in [-0.15, -0.1) is 0 Å². The molecule has 1 saturated heterocycles. The van der Waals surface area contributed by atoms with Gasteiger partial charge in [-0.25, -0.2) is 18.7 Å². The summed E-state index contributed by atoms with van der Waals surface area (Å²) in [6, 6.07) is 7.07. The van der Waals surface area contributed by atoms with E-state index < -0.39 is 17.5 Å². The van der Waals surface area contributed by atoms with Gasteiger partial charge in [-0.05, 0) is 44.6 Å². The number of carbonyl (C=O) groups is 1. The summed E-state index contributed by atoms with van der Waals surface area (Å²) >= 11 is 0. The van der Waals surface area contributed by atoms with Crippen molar-refractivity contribution in [3.05, 3.63) is 60.7 Å². The first-order valence-corrected chi connectivity index (χ1v) is 12.2.